The van der Waals surface area contributed by atoms with Gasteiger partial charge in [0, 0.05) is 10.6 Å². The maximum atomic E-state index is 12.7. The number of thiophene rings is 1. The fourth-order valence-corrected chi connectivity index (χ4v) is 5.17. The van der Waals surface area contributed by atoms with E-state index in [4.69, 9.17) is 4.74 Å². The van der Waals surface area contributed by atoms with Crippen molar-refractivity contribution in [1.82, 2.24) is 9.97 Å². The molecule has 0 bridgehead atoms. The van der Waals surface area contributed by atoms with Crippen LogP contribution in [0.15, 0.2) is 17.4 Å². The minimum absolute atomic E-state index is 0.152. The Morgan fingerprint density at radius 3 is 2.85 bits per heavy atom. The van der Waals surface area contributed by atoms with Crippen molar-refractivity contribution in [3.05, 3.63) is 34.1 Å². The first-order valence-corrected chi connectivity index (χ1v) is 10.8. The molecule has 0 aromatic carbocycles. The summed E-state index contributed by atoms with van der Waals surface area (Å²) in [5.74, 6) is -0.501. The van der Waals surface area contributed by atoms with Crippen LogP contribution in [0.2, 0.25) is 0 Å². The van der Waals surface area contributed by atoms with E-state index in [2.05, 4.69) is 15.3 Å². The molecule has 8 heteroatoms. The highest BCUT2D eigenvalue weighted by atomic mass is 32.2. The first-order valence-electron chi connectivity index (χ1n) is 9.07. The summed E-state index contributed by atoms with van der Waals surface area (Å²) in [5.41, 5.74) is 2.45. The van der Waals surface area contributed by atoms with Crippen molar-refractivity contribution < 1.29 is 14.3 Å². The number of esters is 1. The lowest BCUT2D eigenvalue weighted by Gasteiger charge is -2.13. The monoisotopic (exact) mass is 405 g/mol. The molecule has 27 heavy (non-hydrogen) atoms. The SMILES string of the molecule is CCOC(=O)c1c(NC(=O)C(C)Sc2cc(C)ncn2)sc2c1CCCC2. The van der Waals surface area contributed by atoms with E-state index < -0.39 is 0 Å². The summed E-state index contributed by atoms with van der Waals surface area (Å²) >= 11 is 2.87. The van der Waals surface area contributed by atoms with Gasteiger partial charge in [-0.15, -0.1) is 11.3 Å². The zero-order valence-electron chi connectivity index (χ0n) is 15.7. The lowest BCUT2D eigenvalue weighted by atomic mass is 9.95. The van der Waals surface area contributed by atoms with E-state index in [1.807, 2.05) is 19.9 Å². The molecule has 0 saturated carbocycles. The molecule has 0 saturated heterocycles. The highest BCUT2D eigenvalue weighted by molar-refractivity contribution is 8.00. The molecule has 0 spiro atoms. The number of nitrogens with one attached hydrogen (secondary N) is 1. The second kappa shape index (κ2) is 8.84. The van der Waals surface area contributed by atoms with E-state index in [1.54, 1.807) is 6.92 Å². The number of nitrogens with zero attached hydrogens (tertiary/aromatic N) is 2. The van der Waals surface area contributed by atoms with E-state index in [0.717, 1.165) is 42.0 Å². The van der Waals surface area contributed by atoms with E-state index in [1.165, 1.54) is 34.3 Å². The molecule has 1 unspecified atom stereocenters. The number of aromatic nitrogens is 2. The number of carbonyl (C=O) groups is 2. The predicted molar refractivity (Wildman–Crippen MR) is 108 cm³/mol. The van der Waals surface area contributed by atoms with Gasteiger partial charge in [0.15, 0.2) is 0 Å². The molecule has 3 rings (SSSR count). The van der Waals surface area contributed by atoms with E-state index >= 15 is 0 Å². The molecule has 144 valence electrons. The third kappa shape index (κ3) is 4.68. The Hall–Kier alpha value is -1.93. The summed E-state index contributed by atoms with van der Waals surface area (Å²) in [5, 5.41) is 3.96. The molecule has 0 fully saturated rings. The van der Waals surface area contributed by atoms with Gasteiger partial charge in [0.05, 0.1) is 17.4 Å². The lowest BCUT2D eigenvalue weighted by molar-refractivity contribution is -0.115. The summed E-state index contributed by atoms with van der Waals surface area (Å²) in [6, 6.07) is 1.85. The van der Waals surface area contributed by atoms with Crippen molar-refractivity contribution in [2.45, 2.75) is 56.7 Å². The highest BCUT2D eigenvalue weighted by Crippen LogP contribution is 2.39. The average molecular weight is 406 g/mol. The number of amides is 1. The zero-order chi connectivity index (χ0) is 19.4. The Morgan fingerprint density at radius 1 is 1.33 bits per heavy atom. The van der Waals surface area contributed by atoms with Gasteiger partial charge in [-0.25, -0.2) is 14.8 Å². The number of aryl methyl sites for hydroxylation is 2. The zero-order valence-corrected chi connectivity index (χ0v) is 17.3. The van der Waals surface area contributed by atoms with Gasteiger partial charge in [-0.3, -0.25) is 4.79 Å². The van der Waals surface area contributed by atoms with E-state index in [-0.39, 0.29) is 17.1 Å². The van der Waals surface area contributed by atoms with Crippen LogP contribution in [-0.2, 0) is 22.4 Å². The van der Waals surface area contributed by atoms with Crippen LogP contribution in [0.25, 0.3) is 0 Å². The summed E-state index contributed by atoms with van der Waals surface area (Å²) in [4.78, 5) is 34.7. The van der Waals surface area contributed by atoms with Crippen LogP contribution in [0.4, 0.5) is 5.00 Å². The molecule has 2 aromatic heterocycles. The maximum Gasteiger partial charge on any atom is 0.341 e. The maximum absolute atomic E-state index is 12.7. The smallest absolute Gasteiger partial charge is 0.341 e. The summed E-state index contributed by atoms with van der Waals surface area (Å²) in [6.45, 7) is 5.82. The van der Waals surface area contributed by atoms with E-state index in [0.29, 0.717) is 17.2 Å². The first kappa shape index (κ1) is 19.8. The number of carbonyl (C=O) groups excluding carboxylic acids is 2. The number of rotatable bonds is 6. The Morgan fingerprint density at radius 2 is 2.11 bits per heavy atom. The fraction of sp³-hybridized carbons (Fsp3) is 0.474. The van der Waals surface area contributed by atoms with Gasteiger partial charge in [-0.1, -0.05) is 11.8 Å². The number of hydrogen-bond donors (Lipinski definition) is 1. The summed E-state index contributed by atoms with van der Waals surface area (Å²) in [7, 11) is 0. The normalized spacial score (nSPS) is 14.3. The number of fused-ring (bicyclic) bond motifs is 1. The van der Waals surface area contributed by atoms with Crippen LogP contribution in [-0.4, -0.2) is 33.7 Å². The summed E-state index contributed by atoms with van der Waals surface area (Å²) in [6.07, 6.45) is 5.48. The summed E-state index contributed by atoms with van der Waals surface area (Å²) < 4.78 is 5.24. The number of thioether (sulfide) groups is 1. The highest BCUT2D eigenvalue weighted by Gasteiger charge is 2.28. The molecule has 1 amide bonds. The van der Waals surface area contributed by atoms with Crippen molar-refractivity contribution in [2.24, 2.45) is 0 Å². The second-order valence-corrected chi connectivity index (χ2v) is 8.85. The molecule has 6 nitrogen and oxygen atoms in total. The minimum atomic E-state index is -0.353. The average Bonchev–Trinajstić information content (AvgIpc) is 2.99. The Balaban J connectivity index is 1.78. The minimum Gasteiger partial charge on any atom is -0.462 e. The number of anilines is 1. The van der Waals surface area contributed by atoms with Crippen molar-refractivity contribution in [2.75, 3.05) is 11.9 Å². The first-order chi connectivity index (χ1) is 13.0. The van der Waals surface area contributed by atoms with Crippen LogP contribution >= 0.6 is 23.1 Å². The molecular formula is C19H23N3O3S2. The molecule has 0 aliphatic heterocycles. The van der Waals surface area contributed by atoms with Crippen LogP contribution in [0, 0.1) is 6.92 Å². The molecule has 0 radical (unpaired) electrons. The van der Waals surface area contributed by atoms with Gasteiger partial charge in [-0.05, 0) is 58.1 Å². The molecule has 1 aliphatic rings. The largest absolute Gasteiger partial charge is 0.462 e. The van der Waals surface area contributed by atoms with Crippen molar-refractivity contribution >= 4 is 40.0 Å². The third-order valence-electron chi connectivity index (χ3n) is 4.33. The second-order valence-electron chi connectivity index (χ2n) is 6.38. The predicted octanol–water partition coefficient (Wildman–Crippen LogP) is 4.02. The van der Waals surface area contributed by atoms with Gasteiger partial charge < -0.3 is 10.1 Å². The van der Waals surface area contributed by atoms with Crippen molar-refractivity contribution in [3.63, 3.8) is 0 Å². The quantitative estimate of drug-likeness (QED) is 0.444. The van der Waals surface area contributed by atoms with Gasteiger partial charge in [0.1, 0.15) is 16.4 Å². The van der Waals surface area contributed by atoms with Gasteiger partial charge in [0.2, 0.25) is 5.91 Å². The van der Waals surface area contributed by atoms with Crippen LogP contribution in [0.3, 0.4) is 0 Å². The molecule has 1 aliphatic carbocycles. The number of hydrogen-bond acceptors (Lipinski definition) is 7. The molecule has 1 N–H and O–H groups in total. The number of ether oxygens (including phenoxy) is 1. The standard InChI is InChI=1S/C19H23N3O3S2/c1-4-25-19(24)16-13-7-5-6-8-14(13)27-18(16)22-17(23)12(3)26-15-9-11(2)20-10-21-15/h9-10,12H,4-8H2,1-3H3,(H,22,23). The van der Waals surface area contributed by atoms with E-state index in [9.17, 15) is 9.59 Å². The van der Waals surface area contributed by atoms with Crippen LogP contribution < -0.4 is 5.32 Å². The lowest BCUT2D eigenvalue weighted by Crippen LogP contribution is -2.23. The Kier molecular flexibility index (Phi) is 6.49. The van der Waals surface area contributed by atoms with Crippen molar-refractivity contribution in [3.8, 4) is 0 Å². The van der Waals surface area contributed by atoms with Gasteiger partial charge >= 0.3 is 5.97 Å². The third-order valence-corrected chi connectivity index (χ3v) is 6.57. The Bertz CT molecular complexity index is 851. The molecular weight excluding hydrogens is 382 g/mol. The van der Waals surface area contributed by atoms with Crippen molar-refractivity contribution in [1.29, 1.82) is 0 Å². The Labute approximate surface area is 167 Å². The topological polar surface area (TPSA) is 81.2 Å². The van der Waals surface area contributed by atoms with Crippen LogP contribution in [0.1, 0.15) is 53.2 Å². The molecule has 1 atom stereocenters. The molecule has 2 aromatic rings. The molecule has 2 heterocycles. The van der Waals surface area contributed by atoms with Crippen LogP contribution in [0.5, 0.6) is 0 Å². The van der Waals surface area contributed by atoms with Gasteiger partial charge in [0.25, 0.3) is 0 Å². The fourth-order valence-electron chi connectivity index (χ4n) is 3.02. The van der Waals surface area contributed by atoms with Gasteiger partial charge in [-0.2, -0.15) is 0 Å².